The number of rotatable bonds is 8. The van der Waals surface area contributed by atoms with Gasteiger partial charge in [0.25, 0.3) is 5.91 Å². The van der Waals surface area contributed by atoms with Crippen molar-refractivity contribution in [3.8, 4) is 5.75 Å². The standard InChI is InChI=1S/C21H25NO7/c1-6-26-20(24)17-14(5)29-19(18(17)21(25)27-7-2)22-16(23)11-28-15-9-12(3)8-13(4)10-15/h8-10H,6-7,11H2,1-5H3,(H,22,23). The first-order valence-electron chi connectivity index (χ1n) is 9.25. The smallest absolute Gasteiger partial charge is 0.344 e. The number of amides is 1. The van der Waals surface area contributed by atoms with E-state index in [1.165, 1.54) is 6.92 Å². The third-order valence-corrected chi connectivity index (χ3v) is 3.86. The number of nitrogens with one attached hydrogen (secondary N) is 1. The largest absolute Gasteiger partial charge is 0.484 e. The van der Waals surface area contributed by atoms with E-state index in [9.17, 15) is 14.4 Å². The predicted octanol–water partition coefficient (Wildman–Crippen LogP) is 3.58. The summed E-state index contributed by atoms with van der Waals surface area (Å²) in [6, 6.07) is 5.60. The Bertz CT molecular complexity index is 894. The molecule has 1 heterocycles. The number of anilines is 1. The summed E-state index contributed by atoms with van der Waals surface area (Å²) in [5.41, 5.74) is 1.76. The Morgan fingerprint density at radius 1 is 0.897 bits per heavy atom. The predicted molar refractivity (Wildman–Crippen MR) is 105 cm³/mol. The highest BCUT2D eigenvalue weighted by molar-refractivity contribution is 6.09. The number of furan rings is 1. The molecule has 156 valence electrons. The summed E-state index contributed by atoms with van der Waals surface area (Å²) in [4.78, 5) is 37.0. The zero-order valence-electron chi connectivity index (χ0n) is 17.2. The van der Waals surface area contributed by atoms with E-state index in [1.807, 2.05) is 19.9 Å². The molecule has 1 amide bonds. The summed E-state index contributed by atoms with van der Waals surface area (Å²) < 4.78 is 20.9. The maximum absolute atomic E-state index is 12.4. The lowest BCUT2D eigenvalue weighted by molar-refractivity contribution is -0.118. The number of aryl methyl sites for hydroxylation is 3. The fourth-order valence-electron chi connectivity index (χ4n) is 2.81. The summed E-state index contributed by atoms with van der Waals surface area (Å²) >= 11 is 0. The number of esters is 2. The number of benzene rings is 1. The van der Waals surface area contributed by atoms with Crippen molar-refractivity contribution in [1.82, 2.24) is 0 Å². The van der Waals surface area contributed by atoms with Crippen molar-refractivity contribution in [2.45, 2.75) is 34.6 Å². The van der Waals surface area contributed by atoms with Crippen LogP contribution < -0.4 is 10.1 Å². The molecule has 0 atom stereocenters. The summed E-state index contributed by atoms with van der Waals surface area (Å²) in [5.74, 6) is -1.58. The monoisotopic (exact) mass is 403 g/mol. The molecule has 0 aliphatic carbocycles. The van der Waals surface area contributed by atoms with Crippen molar-refractivity contribution in [2.75, 3.05) is 25.1 Å². The van der Waals surface area contributed by atoms with E-state index < -0.39 is 17.8 Å². The van der Waals surface area contributed by atoms with Gasteiger partial charge in [-0.3, -0.25) is 10.1 Å². The molecule has 8 heteroatoms. The van der Waals surface area contributed by atoms with Crippen LogP contribution >= 0.6 is 0 Å². The van der Waals surface area contributed by atoms with Crippen molar-refractivity contribution in [3.63, 3.8) is 0 Å². The maximum Gasteiger partial charge on any atom is 0.344 e. The Morgan fingerprint density at radius 2 is 1.45 bits per heavy atom. The molecule has 2 rings (SSSR count). The highest BCUT2D eigenvalue weighted by Gasteiger charge is 2.31. The van der Waals surface area contributed by atoms with Crippen molar-refractivity contribution < 1.29 is 33.0 Å². The molecule has 0 fully saturated rings. The quantitative estimate of drug-likeness (QED) is 0.672. The van der Waals surface area contributed by atoms with Crippen molar-refractivity contribution in [1.29, 1.82) is 0 Å². The van der Waals surface area contributed by atoms with Gasteiger partial charge in [-0.25, -0.2) is 9.59 Å². The van der Waals surface area contributed by atoms with E-state index in [4.69, 9.17) is 18.6 Å². The van der Waals surface area contributed by atoms with Gasteiger partial charge in [-0.2, -0.15) is 0 Å². The van der Waals surface area contributed by atoms with Crippen molar-refractivity contribution in [2.24, 2.45) is 0 Å². The Labute approximate surface area is 169 Å². The van der Waals surface area contributed by atoms with E-state index in [0.29, 0.717) is 5.75 Å². The van der Waals surface area contributed by atoms with Gasteiger partial charge in [0, 0.05) is 0 Å². The molecule has 0 radical (unpaired) electrons. The lowest BCUT2D eigenvalue weighted by Crippen LogP contribution is -2.22. The first-order valence-corrected chi connectivity index (χ1v) is 9.25. The van der Waals surface area contributed by atoms with Crippen LogP contribution in [0.3, 0.4) is 0 Å². The molecule has 1 aromatic heterocycles. The highest BCUT2D eigenvalue weighted by atomic mass is 16.5. The lowest BCUT2D eigenvalue weighted by Gasteiger charge is -2.09. The molecule has 8 nitrogen and oxygen atoms in total. The van der Waals surface area contributed by atoms with Crippen LogP contribution in [-0.4, -0.2) is 37.7 Å². The van der Waals surface area contributed by atoms with Gasteiger partial charge in [-0.05, 0) is 57.9 Å². The third-order valence-electron chi connectivity index (χ3n) is 3.86. The van der Waals surface area contributed by atoms with Gasteiger partial charge in [0.05, 0.1) is 13.2 Å². The second-order valence-electron chi connectivity index (χ2n) is 6.34. The molecule has 0 unspecified atom stereocenters. The molecule has 1 aromatic carbocycles. The molecule has 0 bridgehead atoms. The Morgan fingerprint density at radius 3 is 2.00 bits per heavy atom. The average Bonchev–Trinajstić information content (AvgIpc) is 2.95. The SMILES string of the molecule is CCOC(=O)c1c(C)oc(NC(=O)COc2cc(C)cc(C)c2)c1C(=O)OCC. The minimum atomic E-state index is -0.794. The van der Waals surface area contributed by atoms with Gasteiger partial charge >= 0.3 is 11.9 Å². The molecule has 1 N–H and O–H groups in total. The molecule has 2 aromatic rings. The van der Waals surface area contributed by atoms with Crippen molar-refractivity contribution >= 4 is 23.7 Å². The normalized spacial score (nSPS) is 10.4. The van der Waals surface area contributed by atoms with E-state index in [-0.39, 0.29) is 42.6 Å². The van der Waals surface area contributed by atoms with E-state index in [1.54, 1.807) is 26.0 Å². The van der Waals surface area contributed by atoms with Crippen LogP contribution in [0.5, 0.6) is 5.75 Å². The van der Waals surface area contributed by atoms with Crippen LogP contribution in [0.1, 0.15) is 51.5 Å². The van der Waals surface area contributed by atoms with Crippen LogP contribution in [0.4, 0.5) is 5.88 Å². The van der Waals surface area contributed by atoms with Gasteiger partial charge in [-0.1, -0.05) is 6.07 Å². The number of ether oxygens (including phenoxy) is 3. The van der Waals surface area contributed by atoms with Crippen LogP contribution in [0.2, 0.25) is 0 Å². The minimum absolute atomic E-state index is 0.0733. The van der Waals surface area contributed by atoms with E-state index in [0.717, 1.165) is 11.1 Å². The Kier molecular flexibility index (Phi) is 7.41. The molecular formula is C21H25NO7. The second kappa shape index (κ2) is 9.77. The maximum atomic E-state index is 12.4. The fourth-order valence-corrected chi connectivity index (χ4v) is 2.81. The van der Waals surface area contributed by atoms with E-state index in [2.05, 4.69) is 5.32 Å². The van der Waals surface area contributed by atoms with Gasteiger partial charge in [0.2, 0.25) is 5.88 Å². The number of hydrogen-bond donors (Lipinski definition) is 1. The summed E-state index contributed by atoms with van der Waals surface area (Å²) in [5, 5.41) is 2.47. The summed E-state index contributed by atoms with van der Waals surface area (Å²) in [6.07, 6.45) is 0. The lowest BCUT2D eigenvalue weighted by atomic mass is 10.1. The van der Waals surface area contributed by atoms with Gasteiger partial charge in [0.15, 0.2) is 6.61 Å². The zero-order valence-corrected chi connectivity index (χ0v) is 17.2. The Hall–Kier alpha value is -3.29. The third kappa shape index (κ3) is 5.60. The topological polar surface area (TPSA) is 104 Å². The molecule has 0 aliphatic heterocycles. The zero-order chi connectivity index (χ0) is 21.6. The molecular weight excluding hydrogens is 378 g/mol. The average molecular weight is 403 g/mol. The van der Waals surface area contributed by atoms with Crippen LogP contribution in [0.15, 0.2) is 22.6 Å². The molecule has 0 aliphatic rings. The van der Waals surface area contributed by atoms with Crippen LogP contribution in [0, 0.1) is 20.8 Å². The molecule has 29 heavy (non-hydrogen) atoms. The van der Waals surface area contributed by atoms with E-state index >= 15 is 0 Å². The number of carbonyl (C=O) groups is 3. The van der Waals surface area contributed by atoms with Gasteiger partial charge < -0.3 is 18.6 Å². The van der Waals surface area contributed by atoms with Crippen LogP contribution in [-0.2, 0) is 14.3 Å². The second-order valence-corrected chi connectivity index (χ2v) is 6.34. The van der Waals surface area contributed by atoms with Crippen LogP contribution in [0.25, 0.3) is 0 Å². The molecule has 0 saturated heterocycles. The Balaban J connectivity index is 2.22. The first-order chi connectivity index (χ1) is 13.8. The summed E-state index contributed by atoms with van der Waals surface area (Å²) in [6.45, 7) is 8.53. The van der Waals surface area contributed by atoms with Gasteiger partial charge in [-0.15, -0.1) is 0 Å². The fraction of sp³-hybridized carbons (Fsp3) is 0.381. The number of hydrogen-bond acceptors (Lipinski definition) is 7. The number of carbonyl (C=O) groups excluding carboxylic acids is 3. The molecule has 0 saturated carbocycles. The highest BCUT2D eigenvalue weighted by Crippen LogP contribution is 2.29. The minimum Gasteiger partial charge on any atom is -0.484 e. The van der Waals surface area contributed by atoms with Crippen molar-refractivity contribution in [3.05, 3.63) is 46.2 Å². The summed E-state index contributed by atoms with van der Waals surface area (Å²) in [7, 11) is 0. The van der Waals surface area contributed by atoms with Gasteiger partial charge in [0.1, 0.15) is 22.6 Å². The molecule has 0 spiro atoms. The first kappa shape index (κ1) is 22.0.